The Kier molecular flexibility index (Phi) is 6.16. The highest BCUT2D eigenvalue weighted by Gasteiger charge is 2.31. The molecule has 1 aliphatic rings. The Hall–Kier alpha value is -2.64. The quantitative estimate of drug-likeness (QED) is 0.562. The molecule has 0 spiro atoms. The third-order valence-corrected chi connectivity index (χ3v) is 8.48. The van der Waals surface area contributed by atoms with Crippen molar-refractivity contribution in [1.82, 2.24) is 0 Å². The van der Waals surface area contributed by atoms with Crippen molar-refractivity contribution in [1.29, 1.82) is 0 Å². The van der Waals surface area contributed by atoms with E-state index in [1.54, 1.807) is 30.3 Å². The van der Waals surface area contributed by atoms with Crippen molar-refractivity contribution in [2.45, 2.75) is 49.3 Å². The van der Waals surface area contributed by atoms with Crippen molar-refractivity contribution in [3.05, 3.63) is 70.1 Å². The lowest BCUT2D eigenvalue weighted by molar-refractivity contribution is -0.118. The van der Waals surface area contributed by atoms with Crippen LogP contribution >= 0.6 is 11.3 Å². The number of thiophene rings is 1. The Bertz CT molecular complexity index is 1190. The molecule has 0 saturated heterocycles. The lowest BCUT2D eigenvalue weighted by Crippen LogP contribution is -2.21. The van der Waals surface area contributed by atoms with Crippen LogP contribution in [0.1, 0.15) is 34.4 Å². The highest BCUT2D eigenvalue weighted by molar-refractivity contribution is 7.92. The van der Waals surface area contributed by atoms with Gasteiger partial charge in [-0.15, -0.1) is 11.3 Å². The van der Waals surface area contributed by atoms with E-state index in [0.29, 0.717) is 17.2 Å². The fraction of sp³-hybridized carbons (Fsp3) is 0.292. The first-order valence-corrected chi connectivity index (χ1v) is 12.6. The SMILES string of the molecule is Cc1cc(C)cc(OCC(=O)Nc2sc3c(c2S(=O)(=O)c2ccccc2)CCCC3)c1. The molecule has 0 aliphatic heterocycles. The van der Waals surface area contributed by atoms with Crippen LogP contribution in [0, 0.1) is 13.8 Å². The van der Waals surface area contributed by atoms with Gasteiger partial charge in [-0.25, -0.2) is 8.42 Å². The average Bonchev–Trinajstić information content (AvgIpc) is 3.10. The number of nitrogens with one attached hydrogen (secondary N) is 1. The summed E-state index contributed by atoms with van der Waals surface area (Å²) in [6, 6.07) is 14.2. The molecule has 1 heterocycles. The summed E-state index contributed by atoms with van der Waals surface area (Å²) in [6.07, 6.45) is 3.53. The minimum atomic E-state index is -3.74. The second-order valence-electron chi connectivity index (χ2n) is 7.85. The summed E-state index contributed by atoms with van der Waals surface area (Å²) in [4.78, 5) is 14.2. The first kappa shape index (κ1) is 21.6. The van der Waals surface area contributed by atoms with Crippen LogP contribution in [0.3, 0.4) is 0 Å². The average molecular weight is 456 g/mol. The van der Waals surface area contributed by atoms with Gasteiger partial charge in [0.05, 0.1) is 4.90 Å². The number of fused-ring (bicyclic) bond motifs is 1. The Balaban J connectivity index is 1.61. The summed E-state index contributed by atoms with van der Waals surface area (Å²) >= 11 is 1.37. The number of hydrogen-bond donors (Lipinski definition) is 1. The molecule has 1 aliphatic carbocycles. The molecule has 1 amide bonds. The molecule has 2 aromatic carbocycles. The van der Waals surface area contributed by atoms with E-state index in [2.05, 4.69) is 5.32 Å². The topological polar surface area (TPSA) is 72.5 Å². The number of sulfone groups is 1. The van der Waals surface area contributed by atoms with Gasteiger partial charge in [0, 0.05) is 4.88 Å². The maximum atomic E-state index is 13.4. The zero-order chi connectivity index (χ0) is 22.0. The molecule has 162 valence electrons. The lowest BCUT2D eigenvalue weighted by Gasteiger charge is -2.14. The zero-order valence-electron chi connectivity index (χ0n) is 17.6. The second-order valence-corrected chi connectivity index (χ2v) is 10.8. The molecular weight excluding hydrogens is 430 g/mol. The zero-order valence-corrected chi connectivity index (χ0v) is 19.2. The standard InChI is InChI=1S/C24H25NO4S2/c1-16-12-17(2)14-18(13-16)29-15-22(26)25-24-23(20-10-6-7-11-21(20)30-24)31(27,28)19-8-4-3-5-9-19/h3-5,8-9,12-14H,6-7,10-11,15H2,1-2H3,(H,25,26). The Labute approximate surface area is 187 Å². The molecular formula is C24H25NO4S2. The Morgan fingerprint density at radius 2 is 1.71 bits per heavy atom. The van der Waals surface area contributed by atoms with Gasteiger partial charge < -0.3 is 10.1 Å². The largest absolute Gasteiger partial charge is 0.484 e. The minimum absolute atomic E-state index is 0.184. The normalized spacial score (nSPS) is 13.5. The van der Waals surface area contributed by atoms with E-state index in [0.717, 1.165) is 40.8 Å². The fourth-order valence-corrected chi connectivity index (χ4v) is 7.26. The molecule has 4 rings (SSSR count). The number of carbonyl (C=O) groups is 1. The smallest absolute Gasteiger partial charge is 0.262 e. The monoisotopic (exact) mass is 455 g/mol. The third-order valence-electron chi connectivity index (χ3n) is 5.26. The summed E-state index contributed by atoms with van der Waals surface area (Å²) < 4.78 is 32.6. The molecule has 3 aromatic rings. The highest BCUT2D eigenvalue weighted by atomic mass is 32.2. The van der Waals surface area contributed by atoms with Crippen LogP contribution in [-0.2, 0) is 27.5 Å². The Morgan fingerprint density at radius 3 is 2.42 bits per heavy atom. The van der Waals surface area contributed by atoms with Crippen LogP contribution in [0.2, 0.25) is 0 Å². The lowest BCUT2D eigenvalue weighted by atomic mass is 9.99. The molecule has 1 aromatic heterocycles. The van der Waals surface area contributed by atoms with Gasteiger partial charge in [-0.3, -0.25) is 4.79 Å². The summed E-state index contributed by atoms with van der Waals surface area (Å²) in [7, 11) is -3.74. The number of rotatable bonds is 6. The first-order chi connectivity index (χ1) is 14.8. The number of aryl methyl sites for hydroxylation is 3. The molecule has 0 atom stereocenters. The van der Waals surface area contributed by atoms with Gasteiger partial charge in [0.1, 0.15) is 15.6 Å². The predicted octanol–water partition coefficient (Wildman–Crippen LogP) is 5.09. The van der Waals surface area contributed by atoms with E-state index in [9.17, 15) is 13.2 Å². The minimum Gasteiger partial charge on any atom is -0.484 e. The van der Waals surface area contributed by atoms with E-state index in [1.807, 2.05) is 32.0 Å². The van der Waals surface area contributed by atoms with Gasteiger partial charge >= 0.3 is 0 Å². The summed E-state index contributed by atoms with van der Waals surface area (Å²) in [5.74, 6) is 0.248. The van der Waals surface area contributed by atoms with E-state index >= 15 is 0 Å². The molecule has 5 nitrogen and oxygen atoms in total. The van der Waals surface area contributed by atoms with Gasteiger partial charge in [0.25, 0.3) is 5.91 Å². The van der Waals surface area contributed by atoms with Crippen LogP contribution in [0.5, 0.6) is 5.75 Å². The number of carbonyl (C=O) groups excluding carboxylic acids is 1. The maximum absolute atomic E-state index is 13.4. The molecule has 0 unspecified atom stereocenters. The van der Waals surface area contributed by atoms with Crippen LogP contribution in [0.4, 0.5) is 5.00 Å². The van der Waals surface area contributed by atoms with Gasteiger partial charge in [-0.05, 0) is 80.5 Å². The molecule has 0 saturated carbocycles. The van der Waals surface area contributed by atoms with Crippen LogP contribution < -0.4 is 10.1 Å². The van der Waals surface area contributed by atoms with Crippen LogP contribution in [0.15, 0.2) is 58.3 Å². The van der Waals surface area contributed by atoms with Crippen molar-refractivity contribution in [2.75, 3.05) is 11.9 Å². The maximum Gasteiger partial charge on any atom is 0.262 e. The van der Waals surface area contributed by atoms with E-state index in [1.165, 1.54) is 11.3 Å². The van der Waals surface area contributed by atoms with E-state index in [4.69, 9.17) is 4.74 Å². The Morgan fingerprint density at radius 1 is 1.03 bits per heavy atom. The molecule has 0 radical (unpaired) electrons. The summed E-state index contributed by atoms with van der Waals surface area (Å²) in [5.41, 5.74) is 2.96. The molecule has 0 fully saturated rings. The molecule has 0 bridgehead atoms. The van der Waals surface area contributed by atoms with Crippen molar-refractivity contribution in [3.63, 3.8) is 0 Å². The number of amides is 1. The van der Waals surface area contributed by atoms with Crippen LogP contribution in [-0.4, -0.2) is 20.9 Å². The summed E-state index contributed by atoms with van der Waals surface area (Å²) in [5, 5.41) is 3.21. The predicted molar refractivity (Wildman–Crippen MR) is 123 cm³/mol. The van der Waals surface area contributed by atoms with Crippen molar-refractivity contribution >= 4 is 32.1 Å². The molecule has 1 N–H and O–H groups in total. The first-order valence-electron chi connectivity index (χ1n) is 10.3. The van der Waals surface area contributed by atoms with Gasteiger partial charge in [0.2, 0.25) is 9.84 Å². The van der Waals surface area contributed by atoms with Crippen molar-refractivity contribution < 1.29 is 17.9 Å². The van der Waals surface area contributed by atoms with E-state index in [-0.39, 0.29) is 22.3 Å². The number of anilines is 1. The number of benzene rings is 2. The molecule has 31 heavy (non-hydrogen) atoms. The molecule has 7 heteroatoms. The van der Waals surface area contributed by atoms with Crippen molar-refractivity contribution in [2.24, 2.45) is 0 Å². The second kappa shape index (κ2) is 8.85. The highest BCUT2D eigenvalue weighted by Crippen LogP contribution is 2.43. The number of hydrogen-bond acceptors (Lipinski definition) is 5. The number of ether oxygens (including phenoxy) is 1. The summed E-state index contributed by atoms with van der Waals surface area (Å²) in [6.45, 7) is 3.75. The van der Waals surface area contributed by atoms with Gasteiger partial charge in [-0.1, -0.05) is 24.3 Å². The van der Waals surface area contributed by atoms with Crippen molar-refractivity contribution in [3.8, 4) is 5.75 Å². The van der Waals surface area contributed by atoms with E-state index < -0.39 is 9.84 Å². The van der Waals surface area contributed by atoms with Crippen LogP contribution in [0.25, 0.3) is 0 Å². The fourth-order valence-electron chi connectivity index (χ4n) is 3.95. The van der Waals surface area contributed by atoms with Gasteiger partial charge in [0.15, 0.2) is 6.61 Å². The van der Waals surface area contributed by atoms with Gasteiger partial charge in [-0.2, -0.15) is 0 Å². The third kappa shape index (κ3) is 4.67.